The SMILES string of the molecule is Cn1nccc1-c1cccc(N)n1. The lowest BCUT2D eigenvalue weighted by Gasteiger charge is -2.01. The van der Waals surface area contributed by atoms with Crippen LogP contribution in [-0.4, -0.2) is 14.8 Å². The van der Waals surface area contributed by atoms with Crippen LogP contribution in [0.25, 0.3) is 11.4 Å². The molecule has 0 aromatic carbocycles. The maximum absolute atomic E-state index is 5.57. The van der Waals surface area contributed by atoms with Crippen molar-refractivity contribution in [3.05, 3.63) is 30.5 Å². The minimum atomic E-state index is 0.527. The summed E-state index contributed by atoms with van der Waals surface area (Å²) in [7, 11) is 1.88. The molecular weight excluding hydrogens is 164 g/mol. The van der Waals surface area contributed by atoms with E-state index in [-0.39, 0.29) is 0 Å². The zero-order valence-corrected chi connectivity index (χ0v) is 7.31. The minimum absolute atomic E-state index is 0.527. The van der Waals surface area contributed by atoms with Gasteiger partial charge in [0.15, 0.2) is 0 Å². The molecule has 0 atom stereocenters. The van der Waals surface area contributed by atoms with Crippen molar-refractivity contribution in [2.24, 2.45) is 7.05 Å². The fourth-order valence-electron chi connectivity index (χ4n) is 1.22. The topological polar surface area (TPSA) is 56.7 Å². The Bertz CT molecular complexity index is 419. The Morgan fingerprint density at radius 1 is 1.31 bits per heavy atom. The minimum Gasteiger partial charge on any atom is -0.384 e. The highest BCUT2D eigenvalue weighted by molar-refractivity contribution is 5.56. The molecule has 2 N–H and O–H groups in total. The third-order valence-corrected chi connectivity index (χ3v) is 1.85. The molecule has 4 nitrogen and oxygen atoms in total. The van der Waals surface area contributed by atoms with Crippen LogP contribution in [-0.2, 0) is 7.05 Å². The zero-order valence-electron chi connectivity index (χ0n) is 7.31. The lowest BCUT2D eigenvalue weighted by atomic mass is 10.3. The largest absolute Gasteiger partial charge is 0.384 e. The maximum Gasteiger partial charge on any atom is 0.124 e. The predicted molar refractivity (Wildman–Crippen MR) is 50.9 cm³/mol. The van der Waals surface area contributed by atoms with Gasteiger partial charge in [0.25, 0.3) is 0 Å². The molecule has 2 aromatic heterocycles. The molecular formula is C9H10N4. The summed E-state index contributed by atoms with van der Waals surface area (Å²) in [5, 5.41) is 4.06. The monoisotopic (exact) mass is 174 g/mol. The van der Waals surface area contributed by atoms with Crippen LogP contribution in [0.1, 0.15) is 0 Å². The molecule has 66 valence electrons. The number of aryl methyl sites for hydroxylation is 1. The van der Waals surface area contributed by atoms with Gasteiger partial charge in [-0.25, -0.2) is 4.98 Å². The summed E-state index contributed by atoms with van der Waals surface area (Å²) in [6.45, 7) is 0. The van der Waals surface area contributed by atoms with Crippen molar-refractivity contribution in [2.75, 3.05) is 5.73 Å². The number of aromatic nitrogens is 3. The van der Waals surface area contributed by atoms with E-state index in [9.17, 15) is 0 Å². The van der Waals surface area contributed by atoms with Crippen molar-refractivity contribution >= 4 is 5.82 Å². The Balaban J connectivity index is 2.53. The smallest absolute Gasteiger partial charge is 0.124 e. The number of nitrogen functional groups attached to an aromatic ring is 1. The van der Waals surface area contributed by atoms with E-state index in [1.165, 1.54) is 0 Å². The van der Waals surface area contributed by atoms with Crippen LogP contribution < -0.4 is 5.73 Å². The van der Waals surface area contributed by atoms with Crippen molar-refractivity contribution < 1.29 is 0 Å². The molecule has 0 aliphatic rings. The van der Waals surface area contributed by atoms with E-state index in [2.05, 4.69) is 10.1 Å². The number of pyridine rings is 1. The zero-order chi connectivity index (χ0) is 9.26. The summed E-state index contributed by atoms with van der Waals surface area (Å²) in [5.74, 6) is 0.527. The van der Waals surface area contributed by atoms with E-state index in [1.54, 1.807) is 16.9 Å². The fourth-order valence-corrected chi connectivity index (χ4v) is 1.22. The molecule has 2 aromatic rings. The van der Waals surface area contributed by atoms with Crippen molar-refractivity contribution in [1.82, 2.24) is 14.8 Å². The average molecular weight is 174 g/mol. The van der Waals surface area contributed by atoms with Gasteiger partial charge in [0.2, 0.25) is 0 Å². The Hall–Kier alpha value is -1.84. The van der Waals surface area contributed by atoms with Gasteiger partial charge in [-0.2, -0.15) is 5.10 Å². The van der Waals surface area contributed by atoms with Crippen molar-refractivity contribution in [1.29, 1.82) is 0 Å². The molecule has 2 heterocycles. The van der Waals surface area contributed by atoms with Crippen LogP contribution in [0.15, 0.2) is 30.5 Å². The van der Waals surface area contributed by atoms with E-state index in [1.807, 2.05) is 25.2 Å². The van der Waals surface area contributed by atoms with Crippen LogP contribution in [0.4, 0.5) is 5.82 Å². The first-order valence-corrected chi connectivity index (χ1v) is 3.98. The maximum atomic E-state index is 5.57. The average Bonchev–Trinajstić information content (AvgIpc) is 2.51. The molecule has 2 rings (SSSR count). The van der Waals surface area contributed by atoms with Gasteiger partial charge in [-0.05, 0) is 18.2 Å². The summed E-state index contributed by atoms with van der Waals surface area (Å²) >= 11 is 0. The molecule has 4 heteroatoms. The molecule has 0 aliphatic heterocycles. The molecule has 0 unspecified atom stereocenters. The second kappa shape index (κ2) is 2.90. The van der Waals surface area contributed by atoms with Gasteiger partial charge in [0.1, 0.15) is 5.82 Å². The summed E-state index contributed by atoms with van der Waals surface area (Å²) in [5.41, 5.74) is 7.39. The molecule has 0 amide bonds. The second-order valence-electron chi connectivity index (χ2n) is 2.79. The molecule has 0 radical (unpaired) electrons. The van der Waals surface area contributed by atoms with E-state index >= 15 is 0 Å². The third kappa shape index (κ3) is 1.38. The molecule has 0 fully saturated rings. The van der Waals surface area contributed by atoms with Gasteiger partial charge in [-0.3, -0.25) is 4.68 Å². The molecule has 0 saturated heterocycles. The third-order valence-electron chi connectivity index (χ3n) is 1.85. The van der Waals surface area contributed by atoms with E-state index in [0.29, 0.717) is 5.82 Å². The van der Waals surface area contributed by atoms with E-state index in [0.717, 1.165) is 11.4 Å². The second-order valence-corrected chi connectivity index (χ2v) is 2.79. The number of anilines is 1. The van der Waals surface area contributed by atoms with E-state index in [4.69, 9.17) is 5.73 Å². The van der Waals surface area contributed by atoms with Gasteiger partial charge in [0, 0.05) is 13.2 Å². The summed E-state index contributed by atoms with van der Waals surface area (Å²) < 4.78 is 1.77. The van der Waals surface area contributed by atoms with E-state index < -0.39 is 0 Å². The van der Waals surface area contributed by atoms with Crippen molar-refractivity contribution in [2.45, 2.75) is 0 Å². The molecule has 13 heavy (non-hydrogen) atoms. The number of rotatable bonds is 1. The standard InChI is InChI=1S/C9H10N4/c1-13-8(5-6-11-13)7-3-2-4-9(10)12-7/h2-6H,1H3,(H2,10,12). The normalized spacial score (nSPS) is 10.2. The number of nitrogens with two attached hydrogens (primary N) is 1. The lowest BCUT2D eigenvalue weighted by molar-refractivity contribution is 0.773. The van der Waals surface area contributed by atoms with Crippen LogP contribution in [0, 0.1) is 0 Å². The lowest BCUT2D eigenvalue weighted by Crippen LogP contribution is -1.97. The molecule has 0 spiro atoms. The van der Waals surface area contributed by atoms with Crippen molar-refractivity contribution in [3.63, 3.8) is 0 Å². The summed E-state index contributed by atoms with van der Waals surface area (Å²) in [6, 6.07) is 7.46. The van der Waals surface area contributed by atoms with Crippen LogP contribution in [0.2, 0.25) is 0 Å². The van der Waals surface area contributed by atoms with Gasteiger partial charge in [-0.1, -0.05) is 6.07 Å². The van der Waals surface area contributed by atoms with Crippen LogP contribution in [0.3, 0.4) is 0 Å². The van der Waals surface area contributed by atoms with Crippen LogP contribution >= 0.6 is 0 Å². The quantitative estimate of drug-likeness (QED) is 0.703. The highest BCUT2D eigenvalue weighted by atomic mass is 15.3. The summed E-state index contributed by atoms with van der Waals surface area (Å²) in [6.07, 6.45) is 1.74. The Morgan fingerprint density at radius 3 is 2.77 bits per heavy atom. The predicted octanol–water partition coefficient (Wildman–Crippen LogP) is 1.06. The summed E-state index contributed by atoms with van der Waals surface area (Å²) in [4.78, 5) is 4.19. The Kier molecular flexibility index (Phi) is 1.73. The van der Waals surface area contributed by atoms with Crippen molar-refractivity contribution in [3.8, 4) is 11.4 Å². The highest BCUT2D eigenvalue weighted by Gasteiger charge is 2.02. The van der Waals surface area contributed by atoms with Gasteiger partial charge >= 0.3 is 0 Å². The first-order chi connectivity index (χ1) is 6.27. The Morgan fingerprint density at radius 2 is 2.15 bits per heavy atom. The van der Waals surface area contributed by atoms with Gasteiger partial charge in [0.05, 0.1) is 11.4 Å². The molecule has 0 aliphatic carbocycles. The van der Waals surface area contributed by atoms with Crippen LogP contribution in [0.5, 0.6) is 0 Å². The first-order valence-electron chi connectivity index (χ1n) is 3.98. The highest BCUT2D eigenvalue weighted by Crippen LogP contribution is 2.15. The van der Waals surface area contributed by atoms with Gasteiger partial charge < -0.3 is 5.73 Å². The number of hydrogen-bond acceptors (Lipinski definition) is 3. The van der Waals surface area contributed by atoms with Gasteiger partial charge in [-0.15, -0.1) is 0 Å². The number of nitrogens with zero attached hydrogens (tertiary/aromatic N) is 3. The molecule has 0 bridgehead atoms. The molecule has 0 saturated carbocycles. The Labute approximate surface area is 76.0 Å². The first kappa shape index (κ1) is 7.79. The number of hydrogen-bond donors (Lipinski definition) is 1. The fraction of sp³-hybridized carbons (Fsp3) is 0.111.